The standard InChI is InChI=1S/C17H17N3O4S/c1-24-17-5-3-2-4-15(17)16-10-12(11-21)19-20(16)13-6-8-14(9-7-13)25(18,22)23/h2-10,21H,11H2,1H3,(H2,18,22,23). The van der Waals surface area contributed by atoms with Gasteiger partial charge in [0, 0.05) is 5.56 Å². The molecule has 1 aromatic heterocycles. The number of sulfonamides is 1. The lowest BCUT2D eigenvalue weighted by molar-refractivity contribution is 0.276. The summed E-state index contributed by atoms with van der Waals surface area (Å²) in [7, 11) is -2.19. The van der Waals surface area contributed by atoms with Crippen LogP contribution in [0.4, 0.5) is 0 Å². The monoisotopic (exact) mass is 359 g/mol. The highest BCUT2D eigenvalue weighted by atomic mass is 32.2. The number of nitrogens with two attached hydrogens (primary N) is 1. The zero-order valence-electron chi connectivity index (χ0n) is 13.5. The molecule has 0 saturated carbocycles. The van der Waals surface area contributed by atoms with Crippen LogP contribution in [0.25, 0.3) is 16.9 Å². The molecule has 0 saturated heterocycles. The average Bonchev–Trinajstić information content (AvgIpc) is 3.05. The normalized spacial score (nSPS) is 11.5. The summed E-state index contributed by atoms with van der Waals surface area (Å²) in [5, 5.41) is 18.9. The molecular weight excluding hydrogens is 342 g/mol. The Bertz CT molecular complexity index is 995. The van der Waals surface area contributed by atoms with E-state index in [4.69, 9.17) is 9.88 Å². The van der Waals surface area contributed by atoms with Gasteiger partial charge in [0.1, 0.15) is 5.75 Å². The van der Waals surface area contributed by atoms with Gasteiger partial charge in [0.05, 0.1) is 35.7 Å². The van der Waals surface area contributed by atoms with Crippen molar-refractivity contribution in [2.75, 3.05) is 7.11 Å². The number of primary sulfonamides is 1. The lowest BCUT2D eigenvalue weighted by Gasteiger charge is -2.11. The first-order valence-electron chi connectivity index (χ1n) is 7.40. The van der Waals surface area contributed by atoms with Gasteiger partial charge in [-0.3, -0.25) is 0 Å². The van der Waals surface area contributed by atoms with Gasteiger partial charge in [-0.2, -0.15) is 5.10 Å². The molecule has 3 aromatic rings. The second-order valence-corrected chi connectivity index (χ2v) is 6.89. The Kier molecular flexibility index (Phi) is 4.58. The van der Waals surface area contributed by atoms with Crippen molar-refractivity contribution in [2.45, 2.75) is 11.5 Å². The largest absolute Gasteiger partial charge is 0.496 e. The third-order valence-electron chi connectivity index (χ3n) is 3.71. The Morgan fingerprint density at radius 3 is 2.44 bits per heavy atom. The van der Waals surface area contributed by atoms with E-state index < -0.39 is 10.0 Å². The topological polar surface area (TPSA) is 107 Å². The second kappa shape index (κ2) is 6.67. The van der Waals surface area contributed by atoms with Gasteiger partial charge in [-0.15, -0.1) is 0 Å². The van der Waals surface area contributed by atoms with E-state index in [2.05, 4.69) is 5.10 Å². The van der Waals surface area contributed by atoms with E-state index in [1.807, 2.05) is 24.3 Å². The minimum atomic E-state index is -3.76. The number of hydrogen-bond acceptors (Lipinski definition) is 5. The highest BCUT2D eigenvalue weighted by Crippen LogP contribution is 2.32. The van der Waals surface area contributed by atoms with E-state index in [1.54, 1.807) is 30.0 Å². The van der Waals surface area contributed by atoms with Gasteiger partial charge in [-0.25, -0.2) is 18.2 Å². The summed E-state index contributed by atoms with van der Waals surface area (Å²) < 4.78 is 29.8. The van der Waals surface area contributed by atoms with Crippen molar-refractivity contribution in [3.8, 4) is 22.7 Å². The van der Waals surface area contributed by atoms with Crippen LogP contribution < -0.4 is 9.88 Å². The lowest BCUT2D eigenvalue weighted by atomic mass is 10.1. The summed E-state index contributed by atoms with van der Waals surface area (Å²) in [6.45, 7) is -0.218. The Morgan fingerprint density at radius 1 is 1.16 bits per heavy atom. The molecule has 3 N–H and O–H groups in total. The van der Waals surface area contributed by atoms with Gasteiger partial charge in [-0.1, -0.05) is 12.1 Å². The molecule has 0 aliphatic heterocycles. The first-order chi connectivity index (χ1) is 11.9. The molecule has 0 bridgehead atoms. The molecule has 1 heterocycles. The molecule has 8 heteroatoms. The number of aliphatic hydroxyl groups excluding tert-OH is 1. The Hall–Kier alpha value is -2.68. The number of hydrogen-bond donors (Lipinski definition) is 2. The predicted molar refractivity (Wildman–Crippen MR) is 92.8 cm³/mol. The minimum Gasteiger partial charge on any atom is -0.496 e. The van der Waals surface area contributed by atoms with Crippen molar-refractivity contribution in [2.24, 2.45) is 5.14 Å². The highest BCUT2D eigenvalue weighted by molar-refractivity contribution is 7.89. The fourth-order valence-corrected chi connectivity index (χ4v) is 3.04. The van der Waals surface area contributed by atoms with Crippen LogP contribution in [-0.2, 0) is 16.6 Å². The molecule has 7 nitrogen and oxygen atoms in total. The number of aliphatic hydroxyl groups is 1. The third-order valence-corrected chi connectivity index (χ3v) is 4.64. The molecule has 0 fully saturated rings. The average molecular weight is 359 g/mol. The number of para-hydroxylation sites is 1. The maximum absolute atomic E-state index is 11.4. The van der Waals surface area contributed by atoms with Gasteiger partial charge in [0.25, 0.3) is 0 Å². The van der Waals surface area contributed by atoms with Gasteiger partial charge in [0.2, 0.25) is 10.0 Å². The number of aromatic nitrogens is 2. The van der Waals surface area contributed by atoms with Gasteiger partial charge in [0.15, 0.2) is 0 Å². The van der Waals surface area contributed by atoms with Crippen LogP contribution in [-0.4, -0.2) is 30.4 Å². The summed E-state index contributed by atoms with van der Waals surface area (Å²) in [5.74, 6) is 0.661. The fourth-order valence-electron chi connectivity index (χ4n) is 2.53. The van der Waals surface area contributed by atoms with Crippen LogP contribution in [0.5, 0.6) is 5.75 Å². The molecule has 0 unspecified atom stereocenters. The fraction of sp³-hybridized carbons (Fsp3) is 0.118. The maximum Gasteiger partial charge on any atom is 0.238 e. The summed E-state index contributed by atoms with van der Waals surface area (Å²) in [6.07, 6.45) is 0. The van der Waals surface area contributed by atoms with E-state index >= 15 is 0 Å². The SMILES string of the molecule is COc1ccccc1-c1cc(CO)nn1-c1ccc(S(N)(=O)=O)cc1. The van der Waals surface area contributed by atoms with Crippen molar-refractivity contribution in [3.63, 3.8) is 0 Å². The molecular formula is C17H17N3O4S. The Balaban J connectivity index is 2.15. The van der Waals surface area contributed by atoms with Gasteiger partial charge in [-0.05, 0) is 42.5 Å². The molecule has 0 aliphatic rings. The summed E-state index contributed by atoms with van der Waals surface area (Å²) in [4.78, 5) is 0.0182. The molecule has 130 valence electrons. The molecule has 0 aliphatic carbocycles. The molecule has 3 rings (SSSR count). The van der Waals surface area contributed by atoms with Crippen LogP contribution in [0.1, 0.15) is 5.69 Å². The quantitative estimate of drug-likeness (QED) is 0.721. The smallest absolute Gasteiger partial charge is 0.238 e. The second-order valence-electron chi connectivity index (χ2n) is 5.33. The van der Waals surface area contributed by atoms with Crippen LogP contribution in [0, 0.1) is 0 Å². The van der Waals surface area contributed by atoms with Gasteiger partial charge < -0.3 is 9.84 Å². The predicted octanol–water partition coefficient (Wildman–Crippen LogP) is 1.69. The van der Waals surface area contributed by atoms with E-state index in [0.717, 1.165) is 5.56 Å². The Labute approximate surface area is 145 Å². The van der Waals surface area contributed by atoms with E-state index in [9.17, 15) is 13.5 Å². The first-order valence-corrected chi connectivity index (χ1v) is 8.95. The van der Waals surface area contributed by atoms with Crippen molar-refractivity contribution < 1.29 is 18.3 Å². The molecule has 0 radical (unpaired) electrons. The van der Waals surface area contributed by atoms with Crippen molar-refractivity contribution >= 4 is 10.0 Å². The van der Waals surface area contributed by atoms with Crippen LogP contribution in [0.2, 0.25) is 0 Å². The first kappa shape index (κ1) is 17.2. The van der Waals surface area contributed by atoms with Crippen molar-refractivity contribution in [1.82, 2.24) is 9.78 Å². The van der Waals surface area contributed by atoms with Crippen LogP contribution >= 0.6 is 0 Å². The number of nitrogens with zero attached hydrogens (tertiary/aromatic N) is 2. The Morgan fingerprint density at radius 2 is 1.84 bits per heavy atom. The highest BCUT2D eigenvalue weighted by Gasteiger charge is 2.15. The summed E-state index contributed by atoms with van der Waals surface area (Å²) in [5.41, 5.74) is 2.63. The summed E-state index contributed by atoms with van der Waals surface area (Å²) >= 11 is 0. The van der Waals surface area contributed by atoms with Crippen LogP contribution in [0.15, 0.2) is 59.5 Å². The van der Waals surface area contributed by atoms with Crippen molar-refractivity contribution in [1.29, 1.82) is 0 Å². The number of ether oxygens (including phenoxy) is 1. The molecule has 0 atom stereocenters. The molecule has 0 spiro atoms. The third kappa shape index (κ3) is 3.41. The number of rotatable bonds is 5. The lowest BCUT2D eigenvalue weighted by Crippen LogP contribution is -2.12. The zero-order chi connectivity index (χ0) is 18.0. The number of methoxy groups -OCH3 is 1. The van der Waals surface area contributed by atoms with E-state index in [-0.39, 0.29) is 11.5 Å². The van der Waals surface area contributed by atoms with Gasteiger partial charge >= 0.3 is 0 Å². The summed E-state index contributed by atoms with van der Waals surface area (Å²) in [6, 6.07) is 15.2. The van der Waals surface area contributed by atoms with E-state index in [1.165, 1.54) is 12.1 Å². The molecule has 0 amide bonds. The molecule has 2 aromatic carbocycles. The maximum atomic E-state index is 11.4. The minimum absolute atomic E-state index is 0.0182. The van der Waals surface area contributed by atoms with Crippen LogP contribution in [0.3, 0.4) is 0 Å². The molecule has 25 heavy (non-hydrogen) atoms. The van der Waals surface area contributed by atoms with E-state index in [0.29, 0.717) is 22.8 Å². The van der Waals surface area contributed by atoms with Crippen molar-refractivity contribution in [3.05, 3.63) is 60.3 Å². The zero-order valence-corrected chi connectivity index (χ0v) is 14.3. The number of benzene rings is 2.